The minimum Gasteiger partial charge on any atom is -0.372 e. The predicted molar refractivity (Wildman–Crippen MR) is 70.2 cm³/mol. The number of ether oxygens (including phenoxy) is 1. The Morgan fingerprint density at radius 2 is 1.84 bits per heavy atom. The summed E-state index contributed by atoms with van der Waals surface area (Å²) in [4.78, 5) is 0. The van der Waals surface area contributed by atoms with Crippen LogP contribution in [0.1, 0.15) is 51.9 Å². The van der Waals surface area contributed by atoms with Gasteiger partial charge in [0.2, 0.25) is 0 Å². The molecule has 114 valence electrons. The van der Waals surface area contributed by atoms with Crippen molar-refractivity contribution in [2.45, 2.75) is 58.0 Å². The first-order chi connectivity index (χ1) is 8.97. The molecule has 19 heavy (non-hydrogen) atoms. The fourth-order valence-corrected chi connectivity index (χ4v) is 2.82. The lowest BCUT2D eigenvalue weighted by Gasteiger charge is -2.37. The van der Waals surface area contributed by atoms with Crippen molar-refractivity contribution in [3.63, 3.8) is 0 Å². The maximum absolute atomic E-state index is 12.0. The lowest BCUT2D eigenvalue weighted by Crippen LogP contribution is -2.37. The maximum Gasteiger partial charge on any atom is 0.411 e. The number of halogens is 3. The van der Waals surface area contributed by atoms with Crippen molar-refractivity contribution in [2.75, 3.05) is 26.3 Å². The van der Waals surface area contributed by atoms with Crippen LogP contribution < -0.4 is 5.32 Å². The summed E-state index contributed by atoms with van der Waals surface area (Å²) in [6.07, 6.45) is 3.46. The Morgan fingerprint density at radius 3 is 2.42 bits per heavy atom. The molecule has 0 radical (unpaired) electrons. The van der Waals surface area contributed by atoms with Crippen LogP contribution in [-0.2, 0) is 4.74 Å². The van der Waals surface area contributed by atoms with Crippen LogP contribution in [0, 0.1) is 5.41 Å². The van der Waals surface area contributed by atoms with E-state index in [-0.39, 0.29) is 12.0 Å². The van der Waals surface area contributed by atoms with E-state index in [4.69, 9.17) is 4.74 Å². The minimum absolute atomic E-state index is 0.152. The molecule has 0 aromatic carbocycles. The second-order valence-corrected chi connectivity index (χ2v) is 5.66. The topological polar surface area (TPSA) is 21.3 Å². The van der Waals surface area contributed by atoms with Crippen LogP contribution in [0.5, 0.6) is 0 Å². The van der Waals surface area contributed by atoms with Gasteiger partial charge in [-0.1, -0.05) is 26.2 Å². The quantitative estimate of drug-likeness (QED) is 0.681. The molecule has 0 aromatic rings. The number of rotatable bonds is 8. The van der Waals surface area contributed by atoms with E-state index in [0.29, 0.717) is 0 Å². The van der Waals surface area contributed by atoms with E-state index < -0.39 is 12.8 Å². The first-order valence-corrected chi connectivity index (χ1v) is 7.33. The largest absolute Gasteiger partial charge is 0.411 e. The average molecular weight is 281 g/mol. The molecule has 0 bridgehead atoms. The number of alkyl halides is 3. The summed E-state index contributed by atoms with van der Waals surface area (Å²) < 4.78 is 40.9. The molecule has 0 spiro atoms. The lowest BCUT2D eigenvalue weighted by molar-refractivity contribution is -0.175. The predicted octanol–water partition coefficient (Wildman–Crippen LogP) is 3.91. The van der Waals surface area contributed by atoms with Gasteiger partial charge in [-0.05, 0) is 37.6 Å². The highest BCUT2D eigenvalue weighted by Crippen LogP contribution is 2.38. The molecule has 1 aliphatic rings. The Bertz CT molecular complexity index is 237. The first-order valence-electron chi connectivity index (χ1n) is 7.33. The highest BCUT2D eigenvalue weighted by atomic mass is 19.4. The van der Waals surface area contributed by atoms with E-state index in [0.717, 1.165) is 38.8 Å². The number of nitrogens with one attached hydrogen (secondary N) is 1. The summed E-state index contributed by atoms with van der Waals surface area (Å²) in [6.45, 7) is 3.10. The molecule has 1 aliphatic carbocycles. The van der Waals surface area contributed by atoms with Crippen LogP contribution in [0.2, 0.25) is 0 Å². The Labute approximate surface area is 114 Å². The zero-order chi connectivity index (χ0) is 14.2. The van der Waals surface area contributed by atoms with Crippen molar-refractivity contribution in [1.29, 1.82) is 0 Å². The zero-order valence-corrected chi connectivity index (χ0v) is 11.8. The molecule has 0 unspecified atom stereocenters. The number of hydrogen-bond donors (Lipinski definition) is 1. The van der Waals surface area contributed by atoms with Crippen LogP contribution in [0.25, 0.3) is 0 Å². The van der Waals surface area contributed by atoms with Gasteiger partial charge in [-0.15, -0.1) is 0 Å². The van der Waals surface area contributed by atoms with Crippen molar-refractivity contribution in [2.24, 2.45) is 5.41 Å². The van der Waals surface area contributed by atoms with Crippen molar-refractivity contribution < 1.29 is 17.9 Å². The average Bonchev–Trinajstić information content (AvgIpc) is 2.35. The van der Waals surface area contributed by atoms with Gasteiger partial charge in [-0.25, -0.2) is 0 Å². The Kier molecular flexibility index (Phi) is 7.15. The monoisotopic (exact) mass is 281 g/mol. The van der Waals surface area contributed by atoms with Crippen molar-refractivity contribution in [1.82, 2.24) is 5.32 Å². The molecule has 0 saturated heterocycles. The first kappa shape index (κ1) is 16.8. The second kappa shape index (κ2) is 8.10. The van der Waals surface area contributed by atoms with Gasteiger partial charge in [0.25, 0.3) is 0 Å². The molecule has 0 atom stereocenters. The number of hydrogen-bond acceptors (Lipinski definition) is 2. The molecule has 1 rings (SSSR count). The second-order valence-electron chi connectivity index (χ2n) is 5.66. The SMILES string of the molecule is CCCNCC1(CCOCC(F)(F)F)CCCCC1. The van der Waals surface area contributed by atoms with Crippen molar-refractivity contribution in [3.05, 3.63) is 0 Å². The normalized spacial score (nSPS) is 19.6. The Morgan fingerprint density at radius 1 is 1.16 bits per heavy atom. The van der Waals surface area contributed by atoms with E-state index in [1.165, 1.54) is 19.3 Å². The van der Waals surface area contributed by atoms with Crippen LogP contribution in [-0.4, -0.2) is 32.5 Å². The van der Waals surface area contributed by atoms with Gasteiger partial charge in [0, 0.05) is 13.2 Å². The molecular weight excluding hydrogens is 255 g/mol. The van der Waals surface area contributed by atoms with Gasteiger partial charge in [0.05, 0.1) is 0 Å². The van der Waals surface area contributed by atoms with Crippen LogP contribution >= 0.6 is 0 Å². The maximum atomic E-state index is 12.0. The fraction of sp³-hybridized carbons (Fsp3) is 1.00. The molecule has 0 aliphatic heterocycles. The van der Waals surface area contributed by atoms with E-state index in [9.17, 15) is 13.2 Å². The van der Waals surface area contributed by atoms with Crippen molar-refractivity contribution >= 4 is 0 Å². The third kappa shape index (κ3) is 7.16. The fourth-order valence-electron chi connectivity index (χ4n) is 2.82. The lowest BCUT2D eigenvalue weighted by atomic mass is 9.72. The van der Waals surface area contributed by atoms with E-state index in [2.05, 4.69) is 12.2 Å². The molecule has 1 saturated carbocycles. The van der Waals surface area contributed by atoms with E-state index >= 15 is 0 Å². The van der Waals surface area contributed by atoms with Gasteiger partial charge in [-0.3, -0.25) is 0 Å². The van der Waals surface area contributed by atoms with Gasteiger partial charge in [0.1, 0.15) is 6.61 Å². The molecule has 2 nitrogen and oxygen atoms in total. The highest BCUT2D eigenvalue weighted by molar-refractivity contribution is 4.84. The van der Waals surface area contributed by atoms with Crippen LogP contribution in [0.4, 0.5) is 13.2 Å². The van der Waals surface area contributed by atoms with E-state index in [1.54, 1.807) is 0 Å². The van der Waals surface area contributed by atoms with Gasteiger partial charge in [0.15, 0.2) is 0 Å². The van der Waals surface area contributed by atoms with Gasteiger partial charge >= 0.3 is 6.18 Å². The molecule has 0 heterocycles. The highest BCUT2D eigenvalue weighted by Gasteiger charge is 2.32. The van der Waals surface area contributed by atoms with Gasteiger partial charge in [-0.2, -0.15) is 13.2 Å². The standard InChI is InChI=1S/C14H26F3NO/c1-2-9-18-11-13(6-4-3-5-7-13)8-10-19-12-14(15,16)17/h18H,2-12H2,1H3. The third-order valence-electron chi connectivity index (χ3n) is 3.88. The summed E-state index contributed by atoms with van der Waals surface area (Å²) >= 11 is 0. The summed E-state index contributed by atoms with van der Waals surface area (Å²) in [6, 6.07) is 0. The Hall–Kier alpha value is -0.290. The van der Waals surface area contributed by atoms with Crippen molar-refractivity contribution in [3.8, 4) is 0 Å². The van der Waals surface area contributed by atoms with Crippen LogP contribution in [0.15, 0.2) is 0 Å². The van der Waals surface area contributed by atoms with Crippen LogP contribution in [0.3, 0.4) is 0 Å². The smallest absolute Gasteiger partial charge is 0.372 e. The third-order valence-corrected chi connectivity index (χ3v) is 3.88. The van der Waals surface area contributed by atoms with E-state index in [1.807, 2.05) is 0 Å². The summed E-state index contributed by atoms with van der Waals surface area (Å²) in [5, 5.41) is 3.42. The minimum atomic E-state index is -4.21. The van der Waals surface area contributed by atoms with Gasteiger partial charge < -0.3 is 10.1 Å². The Balaban J connectivity index is 2.32. The molecule has 0 amide bonds. The summed E-state index contributed by atoms with van der Waals surface area (Å²) in [5.74, 6) is 0. The summed E-state index contributed by atoms with van der Waals surface area (Å²) in [7, 11) is 0. The molecule has 1 fully saturated rings. The molecular formula is C14H26F3NO. The molecule has 0 aromatic heterocycles. The summed E-state index contributed by atoms with van der Waals surface area (Å²) in [5.41, 5.74) is 0.152. The zero-order valence-electron chi connectivity index (χ0n) is 11.8. The molecule has 5 heteroatoms. The molecule has 1 N–H and O–H groups in total.